The SMILES string of the molecule is Cc1nc(CCCO[Si](C)(C)C(C)(C)C)cn(C)c1=O. The van der Waals surface area contributed by atoms with Crippen LogP contribution in [0.25, 0.3) is 0 Å². The first-order chi connectivity index (χ1) is 9.04. The third-order valence-corrected chi connectivity index (χ3v) is 8.67. The molecule has 0 unspecified atom stereocenters. The molecule has 1 rings (SSSR count). The van der Waals surface area contributed by atoms with Crippen LogP contribution in [0.4, 0.5) is 0 Å². The molecular formula is C15H28N2O2Si. The van der Waals surface area contributed by atoms with Crippen molar-refractivity contribution in [1.82, 2.24) is 9.55 Å². The third-order valence-electron chi connectivity index (χ3n) is 4.13. The van der Waals surface area contributed by atoms with Crippen molar-refractivity contribution >= 4 is 8.32 Å². The highest BCUT2D eigenvalue weighted by molar-refractivity contribution is 6.74. The van der Waals surface area contributed by atoms with E-state index in [1.165, 1.54) is 0 Å². The Labute approximate surface area is 123 Å². The Hall–Kier alpha value is -0.943. The Balaban J connectivity index is 2.52. The Morgan fingerprint density at radius 3 is 2.45 bits per heavy atom. The number of aromatic nitrogens is 2. The number of nitrogens with zero attached hydrogens (tertiary/aromatic N) is 2. The van der Waals surface area contributed by atoms with Crippen LogP contribution < -0.4 is 5.56 Å². The van der Waals surface area contributed by atoms with Crippen LogP contribution in [-0.4, -0.2) is 24.5 Å². The molecule has 1 aromatic heterocycles. The molecule has 0 fully saturated rings. The number of rotatable bonds is 5. The zero-order chi connectivity index (χ0) is 15.6. The molecule has 1 aromatic rings. The molecule has 0 N–H and O–H groups in total. The maximum atomic E-state index is 11.6. The van der Waals surface area contributed by atoms with Crippen LogP contribution in [0.1, 0.15) is 38.6 Å². The minimum absolute atomic E-state index is 0.0220. The summed E-state index contributed by atoms with van der Waals surface area (Å²) in [5.41, 5.74) is 1.50. The van der Waals surface area contributed by atoms with E-state index in [2.05, 4.69) is 38.8 Å². The Morgan fingerprint density at radius 2 is 1.95 bits per heavy atom. The van der Waals surface area contributed by atoms with Crippen molar-refractivity contribution in [2.24, 2.45) is 7.05 Å². The van der Waals surface area contributed by atoms with E-state index in [4.69, 9.17) is 4.43 Å². The van der Waals surface area contributed by atoms with E-state index in [1.54, 1.807) is 18.5 Å². The summed E-state index contributed by atoms with van der Waals surface area (Å²) in [5, 5.41) is 0.248. The second-order valence-electron chi connectivity index (χ2n) is 6.95. The Bertz CT molecular complexity index is 489. The lowest BCUT2D eigenvalue weighted by Crippen LogP contribution is -2.41. The molecule has 0 radical (unpaired) electrons. The van der Waals surface area contributed by atoms with Crippen LogP contribution in [0.5, 0.6) is 0 Å². The van der Waals surface area contributed by atoms with Gasteiger partial charge in [0, 0.05) is 19.9 Å². The average molecular weight is 296 g/mol. The first-order valence-electron chi connectivity index (χ1n) is 7.22. The van der Waals surface area contributed by atoms with Crippen molar-refractivity contribution in [2.45, 2.75) is 58.7 Å². The van der Waals surface area contributed by atoms with Crippen LogP contribution in [0.15, 0.2) is 11.0 Å². The summed E-state index contributed by atoms with van der Waals surface area (Å²) < 4.78 is 7.75. The largest absolute Gasteiger partial charge is 0.417 e. The number of aryl methyl sites for hydroxylation is 3. The summed E-state index contributed by atoms with van der Waals surface area (Å²) in [7, 11) is 0.121. The van der Waals surface area contributed by atoms with Crippen molar-refractivity contribution in [1.29, 1.82) is 0 Å². The summed E-state index contributed by atoms with van der Waals surface area (Å²) in [6, 6.07) is 0. The van der Waals surface area contributed by atoms with E-state index in [1.807, 2.05) is 6.20 Å². The highest BCUT2D eigenvalue weighted by Gasteiger charge is 2.36. The highest BCUT2D eigenvalue weighted by atomic mass is 28.4. The molecular weight excluding hydrogens is 268 g/mol. The Kier molecular flexibility index (Phi) is 5.32. The van der Waals surface area contributed by atoms with E-state index in [0.29, 0.717) is 5.69 Å². The predicted molar refractivity (Wildman–Crippen MR) is 85.7 cm³/mol. The standard InChI is InChI=1S/C15H28N2O2Si/c1-12-14(18)17(5)11-13(16-12)9-8-10-19-20(6,7)15(2,3)4/h11H,8-10H2,1-7H3. The fourth-order valence-electron chi connectivity index (χ4n) is 1.75. The average Bonchev–Trinajstić information content (AvgIpc) is 2.30. The van der Waals surface area contributed by atoms with Crippen molar-refractivity contribution in [3.05, 3.63) is 27.9 Å². The first kappa shape index (κ1) is 17.1. The van der Waals surface area contributed by atoms with Crippen LogP contribution in [-0.2, 0) is 17.9 Å². The van der Waals surface area contributed by atoms with Crippen molar-refractivity contribution in [3.63, 3.8) is 0 Å². The monoisotopic (exact) mass is 296 g/mol. The first-order valence-corrected chi connectivity index (χ1v) is 10.1. The van der Waals surface area contributed by atoms with E-state index < -0.39 is 8.32 Å². The van der Waals surface area contributed by atoms with Crippen LogP contribution in [0, 0.1) is 6.92 Å². The van der Waals surface area contributed by atoms with Gasteiger partial charge in [-0.1, -0.05) is 20.8 Å². The summed E-state index contributed by atoms with van der Waals surface area (Å²) in [4.78, 5) is 15.9. The van der Waals surface area contributed by atoms with Gasteiger partial charge in [0.2, 0.25) is 0 Å². The predicted octanol–water partition coefficient (Wildman–Crippen LogP) is 3.04. The van der Waals surface area contributed by atoms with E-state index >= 15 is 0 Å². The quantitative estimate of drug-likeness (QED) is 0.619. The molecule has 0 aliphatic carbocycles. The van der Waals surface area contributed by atoms with E-state index in [0.717, 1.165) is 25.1 Å². The second-order valence-corrected chi connectivity index (χ2v) is 11.8. The Morgan fingerprint density at radius 1 is 1.35 bits per heavy atom. The smallest absolute Gasteiger partial charge is 0.271 e. The molecule has 4 nitrogen and oxygen atoms in total. The normalized spacial score (nSPS) is 12.8. The molecule has 0 saturated carbocycles. The molecule has 1 heterocycles. The number of hydrogen-bond acceptors (Lipinski definition) is 3. The van der Waals surface area contributed by atoms with Gasteiger partial charge in [0.1, 0.15) is 5.69 Å². The van der Waals surface area contributed by atoms with Gasteiger partial charge in [-0.3, -0.25) is 9.78 Å². The minimum atomic E-state index is -1.65. The van der Waals surface area contributed by atoms with Gasteiger partial charge >= 0.3 is 0 Å². The van der Waals surface area contributed by atoms with Gasteiger partial charge in [-0.05, 0) is 37.9 Å². The molecule has 0 bridgehead atoms. The van der Waals surface area contributed by atoms with Gasteiger partial charge in [-0.2, -0.15) is 0 Å². The van der Waals surface area contributed by atoms with Crippen molar-refractivity contribution < 1.29 is 4.43 Å². The lowest BCUT2D eigenvalue weighted by Gasteiger charge is -2.36. The lowest BCUT2D eigenvalue weighted by atomic mass is 10.2. The zero-order valence-electron chi connectivity index (χ0n) is 13.9. The van der Waals surface area contributed by atoms with Gasteiger partial charge < -0.3 is 8.99 Å². The molecule has 0 atom stereocenters. The lowest BCUT2D eigenvalue weighted by molar-refractivity contribution is 0.282. The third kappa shape index (κ3) is 4.28. The minimum Gasteiger partial charge on any atom is -0.417 e. The summed E-state index contributed by atoms with van der Waals surface area (Å²) in [6.07, 6.45) is 3.61. The van der Waals surface area contributed by atoms with Crippen molar-refractivity contribution in [2.75, 3.05) is 6.61 Å². The molecule has 5 heteroatoms. The number of hydrogen-bond donors (Lipinski definition) is 0. The zero-order valence-corrected chi connectivity index (χ0v) is 14.9. The maximum Gasteiger partial charge on any atom is 0.271 e. The molecule has 0 amide bonds. The highest BCUT2D eigenvalue weighted by Crippen LogP contribution is 2.36. The summed E-state index contributed by atoms with van der Waals surface area (Å²) >= 11 is 0. The van der Waals surface area contributed by atoms with Crippen LogP contribution >= 0.6 is 0 Å². The van der Waals surface area contributed by atoms with E-state index in [9.17, 15) is 4.79 Å². The van der Waals surface area contributed by atoms with E-state index in [-0.39, 0.29) is 10.6 Å². The van der Waals surface area contributed by atoms with Gasteiger partial charge in [0.05, 0.1) is 5.69 Å². The molecule has 0 saturated heterocycles. The molecule has 20 heavy (non-hydrogen) atoms. The van der Waals surface area contributed by atoms with Crippen LogP contribution in [0.3, 0.4) is 0 Å². The molecule has 0 aliphatic rings. The van der Waals surface area contributed by atoms with Gasteiger partial charge in [0.15, 0.2) is 8.32 Å². The molecule has 0 spiro atoms. The molecule has 0 aromatic carbocycles. The second kappa shape index (κ2) is 6.22. The fraction of sp³-hybridized carbons (Fsp3) is 0.733. The topological polar surface area (TPSA) is 44.1 Å². The summed E-state index contributed by atoms with van der Waals surface area (Å²) in [5.74, 6) is 0. The van der Waals surface area contributed by atoms with Gasteiger partial charge in [0.25, 0.3) is 5.56 Å². The van der Waals surface area contributed by atoms with Crippen molar-refractivity contribution in [3.8, 4) is 0 Å². The fourth-order valence-corrected chi connectivity index (χ4v) is 2.83. The van der Waals surface area contributed by atoms with Crippen LogP contribution in [0.2, 0.25) is 18.1 Å². The van der Waals surface area contributed by atoms with Gasteiger partial charge in [-0.25, -0.2) is 0 Å². The molecule has 114 valence electrons. The molecule has 0 aliphatic heterocycles. The maximum absolute atomic E-state index is 11.6. The summed E-state index contributed by atoms with van der Waals surface area (Å²) in [6.45, 7) is 13.8. The van der Waals surface area contributed by atoms with Gasteiger partial charge in [-0.15, -0.1) is 0 Å².